The Hall–Kier alpha value is -3.49. The van der Waals surface area contributed by atoms with Crippen molar-refractivity contribution in [3.05, 3.63) is 60.2 Å². The highest BCUT2D eigenvalue weighted by Crippen LogP contribution is 2.14. The quantitative estimate of drug-likeness (QED) is 0.587. The second-order valence-corrected chi connectivity index (χ2v) is 5.67. The van der Waals surface area contributed by atoms with Gasteiger partial charge in [0.2, 0.25) is 0 Å². The van der Waals surface area contributed by atoms with Crippen molar-refractivity contribution in [2.75, 3.05) is 25.0 Å². The summed E-state index contributed by atoms with van der Waals surface area (Å²) in [5.41, 5.74) is 0.897. The summed E-state index contributed by atoms with van der Waals surface area (Å²) in [6.07, 6.45) is 1.81. The molecule has 0 spiro atoms. The van der Waals surface area contributed by atoms with Gasteiger partial charge in [0, 0.05) is 19.3 Å². The van der Waals surface area contributed by atoms with Crippen LogP contribution in [0.25, 0.3) is 5.82 Å². The summed E-state index contributed by atoms with van der Waals surface area (Å²) in [6.45, 7) is 2.47. The van der Waals surface area contributed by atoms with Crippen LogP contribution in [0.1, 0.15) is 5.69 Å². The number of aryl methyl sites for hydroxylation is 1. The SMILES string of the molecule is Cc1ccn(-c2ccc(NCCNC(=O)COc3ccccc3F)nn2)n1. The smallest absolute Gasteiger partial charge is 0.258 e. The van der Waals surface area contributed by atoms with E-state index >= 15 is 0 Å². The molecular formula is C18H19FN6O2. The van der Waals surface area contributed by atoms with Crippen molar-refractivity contribution in [2.45, 2.75) is 6.92 Å². The first kappa shape index (κ1) is 18.3. The first-order chi connectivity index (χ1) is 13.1. The van der Waals surface area contributed by atoms with Crippen LogP contribution in [0.15, 0.2) is 48.7 Å². The number of carbonyl (C=O) groups is 1. The van der Waals surface area contributed by atoms with Gasteiger partial charge in [-0.3, -0.25) is 4.79 Å². The fraction of sp³-hybridized carbons (Fsp3) is 0.222. The number of carbonyl (C=O) groups excluding carboxylic acids is 1. The molecule has 1 aromatic carbocycles. The van der Waals surface area contributed by atoms with Crippen LogP contribution in [-0.2, 0) is 4.79 Å². The second kappa shape index (κ2) is 8.75. The van der Waals surface area contributed by atoms with Crippen LogP contribution in [0, 0.1) is 12.7 Å². The van der Waals surface area contributed by atoms with Gasteiger partial charge >= 0.3 is 0 Å². The van der Waals surface area contributed by atoms with Gasteiger partial charge in [-0.15, -0.1) is 10.2 Å². The second-order valence-electron chi connectivity index (χ2n) is 5.67. The standard InChI is InChI=1S/C18H19FN6O2/c1-13-8-11-25(24-13)17-7-6-16(22-23-17)20-9-10-21-18(26)12-27-15-5-3-2-4-14(15)19/h2-8,11H,9-10,12H2,1H3,(H,20,22)(H,21,26). The number of benzene rings is 1. The van der Waals surface area contributed by atoms with E-state index in [-0.39, 0.29) is 18.3 Å². The molecule has 0 fully saturated rings. The molecule has 2 heterocycles. The highest BCUT2D eigenvalue weighted by atomic mass is 19.1. The number of anilines is 1. The van der Waals surface area contributed by atoms with Crippen LogP contribution in [0.4, 0.5) is 10.2 Å². The molecule has 0 aliphatic carbocycles. The lowest BCUT2D eigenvalue weighted by molar-refractivity contribution is -0.123. The Kier molecular flexibility index (Phi) is 5.93. The lowest BCUT2D eigenvalue weighted by Crippen LogP contribution is -2.32. The van der Waals surface area contributed by atoms with Gasteiger partial charge in [-0.2, -0.15) is 5.10 Å². The average molecular weight is 370 g/mol. The molecule has 0 saturated heterocycles. The van der Waals surface area contributed by atoms with Crippen molar-refractivity contribution in [1.82, 2.24) is 25.3 Å². The van der Waals surface area contributed by atoms with Crippen molar-refractivity contribution in [3.8, 4) is 11.6 Å². The Morgan fingerprint density at radius 2 is 2.00 bits per heavy atom. The number of aromatic nitrogens is 4. The number of hydrogen-bond donors (Lipinski definition) is 2. The van der Waals surface area contributed by atoms with Crippen LogP contribution < -0.4 is 15.4 Å². The Morgan fingerprint density at radius 3 is 2.70 bits per heavy atom. The summed E-state index contributed by atoms with van der Waals surface area (Å²) in [7, 11) is 0. The fourth-order valence-electron chi connectivity index (χ4n) is 2.23. The molecular weight excluding hydrogens is 351 g/mol. The van der Waals surface area contributed by atoms with E-state index in [0.29, 0.717) is 24.7 Å². The predicted molar refractivity (Wildman–Crippen MR) is 97.3 cm³/mol. The van der Waals surface area contributed by atoms with E-state index in [2.05, 4.69) is 25.9 Å². The molecule has 0 aliphatic rings. The fourth-order valence-corrected chi connectivity index (χ4v) is 2.23. The molecule has 9 heteroatoms. The van der Waals surface area contributed by atoms with Crippen molar-refractivity contribution < 1.29 is 13.9 Å². The Morgan fingerprint density at radius 1 is 1.15 bits per heavy atom. The predicted octanol–water partition coefficient (Wildman–Crippen LogP) is 1.72. The highest BCUT2D eigenvalue weighted by molar-refractivity contribution is 5.77. The number of nitrogens with one attached hydrogen (secondary N) is 2. The van der Waals surface area contributed by atoms with E-state index in [1.807, 2.05) is 19.2 Å². The summed E-state index contributed by atoms with van der Waals surface area (Å²) >= 11 is 0. The summed E-state index contributed by atoms with van der Waals surface area (Å²) in [6, 6.07) is 11.4. The van der Waals surface area contributed by atoms with Gasteiger partial charge in [0.05, 0.1) is 5.69 Å². The molecule has 0 bridgehead atoms. The van der Waals surface area contributed by atoms with E-state index in [1.165, 1.54) is 12.1 Å². The van der Waals surface area contributed by atoms with Crippen molar-refractivity contribution in [2.24, 2.45) is 0 Å². The van der Waals surface area contributed by atoms with E-state index in [4.69, 9.17) is 4.74 Å². The number of nitrogens with zero attached hydrogens (tertiary/aromatic N) is 4. The number of rotatable bonds is 8. The molecule has 0 atom stereocenters. The number of ether oxygens (including phenoxy) is 1. The molecule has 0 unspecified atom stereocenters. The Balaban J connectivity index is 1.37. The molecule has 140 valence electrons. The Labute approximate surface area is 155 Å². The molecule has 0 aliphatic heterocycles. The molecule has 2 aromatic heterocycles. The molecule has 1 amide bonds. The van der Waals surface area contributed by atoms with Crippen LogP contribution in [0.2, 0.25) is 0 Å². The van der Waals surface area contributed by atoms with Crippen molar-refractivity contribution in [1.29, 1.82) is 0 Å². The maximum Gasteiger partial charge on any atom is 0.258 e. The minimum atomic E-state index is -0.501. The monoisotopic (exact) mass is 370 g/mol. The van der Waals surface area contributed by atoms with Gasteiger partial charge in [-0.1, -0.05) is 12.1 Å². The average Bonchev–Trinajstić information content (AvgIpc) is 3.11. The van der Waals surface area contributed by atoms with E-state index in [9.17, 15) is 9.18 Å². The van der Waals surface area contributed by atoms with Crippen molar-refractivity contribution >= 4 is 11.7 Å². The lowest BCUT2D eigenvalue weighted by Gasteiger charge is -2.09. The summed E-state index contributed by atoms with van der Waals surface area (Å²) in [5.74, 6) is 0.412. The molecule has 27 heavy (non-hydrogen) atoms. The van der Waals surface area contributed by atoms with Crippen LogP contribution in [-0.4, -0.2) is 45.6 Å². The number of hydrogen-bond acceptors (Lipinski definition) is 6. The summed E-state index contributed by atoms with van der Waals surface area (Å²) < 4.78 is 20.2. The van der Waals surface area contributed by atoms with Crippen LogP contribution >= 0.6 is 0 Å². The minimum absolute atomic E-state index is 0.0496. The highest BCUT2D eigenvalue weighted by Gasteiger charge is 2.06. The first-order valence-electron chi connectivity index (χ1n) is 8.36. The normalized spacial score (nSPS) is 10.4. The van der Waals surface area contributed by atoms with E-state index in [1.54, 1.807) is 28.9 Å². The van der Waals surface area contributed by atoms with Gasteiger partial charge in [0.15, 0.2) is 24.0 Å². The third-order valence-electron chi connectivity index (χ3n) is 3.56. The largest absolute Gasteiger partial charge is 0.481 e. The number of halogens is 1. The van der Waals surface area contributed by atoms with Gasteiger partial charge in [-0.05, 0) is 37.3 Å². The molecule has 2 N–H and O–H groups in total. The molecule has 0 saturated carbocycles. The molecule has 3 aromatic rings. The van der Waals surface area contributed by atoms with E-state index < -0.39 is 5.82 Å². The minimum Gasteiger partial charge on any atom is -0.481 e. The Bertz CT molecular complexity index is 897. The van der Waals surface area contributed by atoms with Crippen LogP contribution in [0.3, 0.4) is 0 Å². The van der Waals surface area contributed by atoms with Gasteiger partial charge in [0.1, 0.15) is 5.82 Å². The molecule has 0 radical (unpaired) electrons. The van der Waals surface area contributed by atoms with Gasteiger partial charge in [0.25, 0.3) is 5.91 Å². The zero-order chi connectivity index (χ0) is 19.1. The number of amides is 1. The van der Waals surface area contributed by atoms with Gasteiger partial charge < -0.3 is 15.4 Å². The number of para-hydroxylation sites is 1. The third kappa shape index (κ3) is 5.24. The topological polar surface area (TPSA) is 94.0 Å². The van der Waals surface area contributed by atoms with E-state index in [0.717, 1.165) is 5.69 Å². The van der Waals surface area contributed by atoms with Crippen LogP contribution in [0.5, 0.6) is 5.75 Å². The molecule has 8 nitrogen and oxygen atoms in total. The summed E-state index contributed by atoms with van der Waals surface area (Å²) in [5, 5.41) is 18.1. The zero-order valence-electron chi connectivity index (χ0n) is 14.7. The molecule has 3 rings (SSSR count). The van der Waals surface area contributed by atoms with Gasteiger partial charge in [-0.25, -0.2) is 9.07 Å². The summed E-state index contributed by atoms with van der Waals surface area (Å²) in [4.78, 5) is 11.7. The first-order valence-corrected chi connectivity index (χ1v) is 8.36. The van der Waals surface area contributed by atoms with Crippen molar-refractivity contribution in [3.63, 3.8) is 0 Å². The third-order valence-corrected chi connectivity index (χ3v) is 3.56. The maximum absolute atomic E-state index is 13.4. The maximum atomic E-state index is 13.4. The zero-order valence-corrected chi connectivity index (χ0v) is 14.7. The lowest BCUT2D eigenvalue weighted by atomic mass is 10.3.